The summed E-state index contributed by atoms with van der Waals surface area (Å²) >= 11 is 0. The van der Waals surface area contributed by atoms with E-state index in [1.807, 2.05) is 0 Å². The minimum absolute atomic E-state index is 0.00228. The molecule has 0 atom stereocenters. The Morgan fingerprint density at radius 1 is 1.50 bits per heavy atom. The van der Waals surface area contributed by atoms with Crippen LogP contribution < -0.4 is 5.32 Å². The van der Waals surface area contributed by atoms with Crippen LogP contribution in [0.25, 0.3) is 0 Å². The van der Waals surface area contributed by atoms with E-state index in [0.717, 1.165) is 12.8 Å². The summed E-state index contributed by atoms with van der Waals surface area (Å²) in [6, 6.07) is 0. The Bertz CT molecular complexity index is 232. The van der Waals surface area contributed by atoms with E-state index in [-0.39, 0.29) is 31.0 Å². The molecule has 0 radical (unpaired) electrons. The number of rotatable bonds is 8. The Hall–Kier alpha value is -0.750. The first kappa shape index (κ1) is 13.3. The van der Waals surface area contributed by atoms with Gasteiger partial charge in [-0.15, -0.1) is 0 Å². The summed E-state index contributed by atoms with van der Waals surface area (Å²) in [5.41, 5.74) is -0.126. The number of carbonyl (C=O) groups is 1. The van der Waals surface area contributed by atoms with Crippen molar-refractivity contribution in [3.8, 4) is 0 Å². The number of alkyl halides is 2. The Kier molecular flexibility index (Phi) is 5.08. The van der Waals surface area contributed by atoms with Crippen LogP contribution in [-0.2, 0) is 9.53 Å². The first-order chi connectivity index (χ1) is 7.58. The van der Waals surface area contributed by atoms with E-state index >= 15 is 0 Å². The largest absolute Gasteiger partial charge is 0.396 e. The highest BCUT2D eigenvalue weighted by atomic mass is 19.3. The number of aliphatic hydroxyl groups is 1. The summed E-state index contributed by atoms with van der Waals surface area (Å²) in [6.45, 7) is -0.0947. The summed E-state index contributed by atoms with van der Waals surface area (Å²) in [5.74, 6) is -0.228. The van der Waals surface area contributed by atoms with Gasteiger partial charge in [0.05, 0.1) is 13.2 Å². The molecule has 0 heterocycles. The van der Waals surface area contributed by atoms with Crippen molar-refractivity contribution in [2.45, 2.75) is 25.7 Å². The number of nitrogens with one attached hydrogen (secondary N) is 1. The number of carbonyl (C=O) groups excluding carboxylic acids is 1. The minimum Gasteiger partial charge on any atom is -0.396 e. The van der Waals surface area contributed by atoms with Gasteiger partial charge in [0, 0.05) is 18.4 Å². The smallest absolute Gasteiger partial charge is 0.261 e. The quantitative estimate of drug-likeness (QED) is 0.606. The molecule has 0 aromatic rings. The molecule has 0 aromatic carbocycles. The number of halogens is 2. The van der Waals surface area contributed by atoms with Crippen molar-refractivity contribution < 1.29 is 23.4 Å². The third-order valence-electron chi connectivity index (χ3n) is 2.67. The summed E-state index contributed by atoms with van der Waals surface area (Å²) in [5, 5.41) is 11.6. The van der Waals surface area contributed by atoms with Gasteiger partial charge in [-0.05, 0) is 12.8 Å². The van der Waals surface area contributed by atoms with Gasteiger partial charge in [0.15, 0.2) is 0 Å². The average Bonchev–Trinajstić information content (AvgIpc) is 3.02. The molecule has 0 saturated heterocycles. The summed E-state index contributed by atoms with van der Waals surface area (Å²) in [7, 11) is 0. The molecule has 0 spiro atoms. The van der Waals surface area contributed by atoms with Crippen molar-refractivity contribution in [2.75, 3.05) is 26.4 Å². The highest BCUT2D eigenvalue weighted by molar-refractivity contribution is 5.76. The molecule has 4 nitrogen and oxygen atoms in total. The van der Waals surface area contributed by atoms with Crippen LogP contribution in [0.4, 0.5) is 8.78 Å². The maximum atomic E-state index is 11.7. The molecule has 0 bridgehead atoms. The SMILES string of the molecule is O=C(CCOCC(F)F)NCC1(CO)CC1. The average molecular weight is 237 g/mol. The lowest BCUT2D eigenvalue weighted by molar-refractivity contribution is -0.122. The van der Waals surface area contributed by atoms with E-state index in [4.69, 9.17) is 5.11 Å². The van der Waals surface area contributed by atoms with Gasteiger partial charge in [-0.2, -0.15) is 0 Å². The zero-order valence-electron chi connectivity index (χ0n) is 9.05. The molecule has 1 fully saturated rings. The number of hydrogen-bond donors (Lipinski definition) is 2. The van der Waals surface area contributed by atoms with Crippen LogP contribution in [0.15, 0.2) is 0 Å². The van der Waals surface area contributed by atoms with Crippen LogP contribution in [0.3, 0.4) is 0 Å². The number of aliphatic hydroxyl groups excluding tert-OH is 1. The van der Waals surface area contributed by atoms with Crippen molar-refractivity contribution in [3.05, 3.63) is 0 Å². The fourth-order valence-corrected chi connectivity index (χ4v) is 1.28. The lowest BCUT2D eigenvalue weighted by atomic mass is 10.1. The van der Waals surface area contributed by atoms with Crippen molar-refractivity contribution in [1.82, 2.24) is 5.32 Å². The molecular weight excluding hydrogens is 220 g/mol. The van der Waals surface area contributed by atoms with Crippen LogP contribution in [0.1, 0.15) is 19.3 Å². The highest BCUT2D eigenvalue weighted by Crippen LogP contribution is 2.44. The zero-order valence-corrected chi connectivity index (χ0v) is 9.05. The molecule has 0 aromatic heterocycles. The van der Waals surface area contributed by atoms with E-state index in [1.54, 1.807) is 0 Å². The fourth-order valence-electron chi connectivity index (χ4n) is 1.28. The molecule has 6 heteroatoms. The molecule has 1 rings (SSSR count). The van der Waals surface area contributed by atoms with Gasteiger partial charge in [-0.3, -0.25) is 4.79 Å². The predicted octanol–water partition coefficient (Wildman–Crippen LogP) is 0.547. The maximum absolute atomic E-state index is 11.7. The van der Waals surface area contributed by atoms with Gasteiger partial charge in [0.2, 0.25) is 5.91 Å². The molecule has 1 aliphatic carbocycles. The Morgan fingerprint density at radius 3 is 2.69 bits per heavy atom. The van der Waals surface area contributed by atoms with Gasteiger partial charge in [0.25, 0.3) is 6.43 Å². The first-order valence-electron chi connectivity index (χ1n) is 5.31. The van der Waals surface area contributed by atoms with Crippen molar-refractivity contribution in [2.24, 2.45) is 5.41 Å². The summed E-state index contributed by atoms with van der Waals surface area (Å²) < 4.78 is 27.9. The molecular formula is C10H17F2NO3. The monoisotopic (exact) mass is 237 g/mol. The summed E-state index contributed by atoms with van der Waals surface area (Å²) in [6.07, 6.45) is -0.571. The van der Waals surface area contributed by atoms with Crippen LogP contribution in [0.2, 0.25) is 0 Å². The topological polar surface area (TPSA) is 58.6 Å². The van der Waals surface area contributed by atoms with Gasteiger partial charge in [-0.25, -0.2) is 8.78 Å². The van der Waals surface area contributed by atoms with E-state index in [0.29, 0.717) is 6.54 Å². The molecule has 94 valence electrons. The molecule has 0 unspecified atom stereocenters. The first-order valence-corrected chi connectivity index (χ1v) is 5.31. The molecule has 1 saturated carbocycles. The number of hydrogen-bond acceptors (Lipinski definition) is 3. The molecule has 2 N–H and O–H groups in total. The minimum atomic E-state index is -2.49. The van der Waals surface area contributed by atoms with E-state index in [2.05, 4.69) is 10.1 Å². The standard InChI is InChI=1S/C10H17F2NO3/c11-8(12)5-16-4-1-9(15)13-6-10(7-14)2-3-10/h8,14H,1-7H2,(H,13,15). The van der Waals surface area contributed by atoms with Crippen LogP contribution >= 0.6 is 0 Å². The van der Waals surface area contributed by atoms with Crippen LogP contribution in [0, 0.1) is 5.41 Å². The number of ether oxygens (including phenoxy) is 1. The second-order valence-corrected chi connectivity index (χ2v) is 4.15. The second kappa shape index (κ2) is 6.10. The fraction of sp³-hybridized carbons (Fsp3) is 0.900. The zero-order chi connectivity index (χ0) is 12.0. The van der Waals surface area contributed by atoms with Crippen molar-refractivity contribution in [1.29, 1.82) is 0 Å². The van der Waals surface area contributed by atoms with Gasteiger partial charge in [0.1, 0.15) is 6.61 Å². The third-order valence-corrected chi connectivity index (χ3v) is 2.67. The Morgan fingerprint density at radius 2 is 2.19 bits per heavy atom. The van der Waals surface area contributed by atoms with Crippen molar-refractivity contribution in [3.63, 3.8) is 0 Å². The van der Waals surface area contributed by atoms with E-state index in [9.17, 15) is 13.6 Å². The van der Waals surface area contributed by atoms with Gasteiger partial charge < -0.3 is 15.2 Å². The molecule has 16 heavy (non-hydrogen) atoms. The Balaban J connectivity index is 1.99. The lowest BCUT2D eigenvalue weighted by Gasteiger charge is -2.12. The highest BCUT2D eigenvalue weighted by Gasteiger charge is 2.41. The molecule has 1 amide bonds. The van der Waals surface area contributed by atoms with Crippen LogP contribution in [-0.4, -0.2) is 43.8 Å². The van der Waals surface area contributed by atoms with E-state index in [1.165, 1.54) is 0 Å². The van der Waals surface area contributed by atoms with Crippen LogP contribution in [0.5, 0.6) is 0 Å². The maximum Gasteiger partial charge on any atom is 0.261 e. The van der Waals surface area contributed by atoms with Crippen molar-refractivity contribution >= 4 is 5.91 Å². The summed E-state index contributed by atoms with van der Waals surface area (Å²) in [4.78, 5) is 11.2. The predicted molar refractivity (Wildman–Crippen MR) is 53.2 cm³/mol. The number of amides is 1. The molecule has 1 aliphatic rings. The Labute approximate surface area is 93.0 Å². The van der Waals surface area contributed by atoms with Gasteiger partial charge >= 0.3 is 0 Å². The third kappa shape index (κ3) is 4.85. The molecule has 0 aliphatic heterocycles. The van der Waals surface area contributed by atoms with E-state index < -0.39 is 13.0 Å². The lowest BCUT2D eigenvalue weighted by Crippen LogP contribution is -2.32. The second-order valence-electron chi connectivity index (χ2n) is 4.15. The normalized spacial score (nSPS) is 17.5. The van der Waals surface area contributed by atoms with Gasteiger partial charge in [-0.1, -0.05) is 0 Å².